The molecule has 2 fully saturated rings. The predicted molar refractivity (Wildman–Crippen MR) is 98.7 cm³/mol. The summed E-state index contributed by atoms with van der Waals surface area (Å²) in [5.74, 6) is 0.160. The van der Waals surface area contributed by atoms with Crippen LogP contribution in [0.5, 0.6) is 0 Å². The molecule has 26 heavy (non-hydrogen) atoms. The fourth-order valence-electron chi connectivity index (χ4n) is 4.04. The highest BCUT2D eigenvalue weighted by Crippen LogP contribution is 2.39. The Kier molecular flexibility index (Phi) is 5.69. The molecule has 7 nitrogen and oxygen atoms in total. The lowest BCUT2D eigenvalue weighted by atomic mass is 9.69. The highest BCUT2D eigenvalue weighted by atomic mass is 16.5. The highest BCUT2D eigenvalue weighted by molar-refractivity contribution is 5.76. The third-order valence-corrected chi connectivity index (χ3v) is 6.10. The number of ether oxygens (including phenoxy) is 1. The molecular weight excluding hydrogens is 332 g/mol. The van der Waals surface area contributed by atoms with Crippen molar-refractivity contribution in [1.29, 1.82) is 0 Å². The van der Waals surface area contributed by atoms with Gasteiger partial charge in [0.25, 0.3) is 0 Å². The van der Waals surface area contributed by atoms with Gasteiger partial charge in [0.15, 0.2) is 0 Å². The molecule has 0 aromatic carbocycles. The minimum Gasteiger partial charge on any atom is -0.388 e. The Morgan fingerprint density at radius 3 is 2.65 bits per heavy atom. The second-order valence-electron chi connectivity index (χ2n) is 8.32. The molecule has 0 spiro atoms. The van der Waals surface area contributed by atoms with Crippen LogP contribution in [0.4, 0.5) is 0 Å². The van der Waals surface area contributed by atoms with Crippen LogP contribution in [0.25, 0.3) is 0 Å². The van der Waals surface area contributed by atoms with Crippen LogP contribution >= 0.6 is 0 Å². The first-order valence-electron chi connectivity index (χ1n) is 9.58. The Morgan fingerprint density at radius 1 is 1.31 bits per heavy atom. The second kappa shape index (κ2) is 7.66. The molecule has 2 aliphatic heterocycles. The van der Waals surface area contributed by atoms with Crippen molar-refractivity contribution >= 4 is 5.91 Å². The molecule has 2 aliphatic rings. The molecule has 1 amide bonds. The number of carbonyl (C=O) groups excluding carboxylic acids is 1. The molecule has 7 heteroatoms. The van der Waals surface area contributed by atoms with Gasteiger partial charge in [-0.05, 0) is 18.9 Å². The van der Waals surface area contributed by atoms with E-state index in [1.54, 1.807) is 6.20 Å². The van der Waals surface area contributed by atoms with Gasteiger partial charge in [-0.2, -0.15) is 5.10 Å². The smallest absolute Gasteiger partial charge is 0.222 e. The number of carbonyl (C=O) groups is 1. The molecule has 1 aromatic heterocycles. The van der Waals surface area contributed by atoms with Crippen molar-refractivity contribution in [2.24, 2.45) is 12.5 Å². The lowest BCUT2D eigenvalue weighted by Gasteiger charge is -2.52. The van der Waals surface area contributed by atoms with Crippen molar-refractivity contribution in [3.8, 4) is 0 Å². The van der Waals surface area contributed by atoms with Gasteiger partial charge in [-0.15, -0.1) is 0 Å². The molecule has 0 saturated carbocycles. The molecule has 0 bridgehead atoms. The van der Waals surface area contributed by atoms with E-state index < -0.39 is 5.60 Å². The topological polar surface area (TPSA) is 70.8 Å². The largest absolute Gasteiger partial charge is 0.388 e. The first-order chi connectivity index (χ1) is 12.3. The number of nitrogens with zero attached hydrogens (tertiary/aromatic N) is 4. The van der Waals surface area contributed by atoms with Crippen molar-refractivity contribution in [2.45, 2.75) is 38.7 Å². The van der Waals surface area contributed by atoms with Gasteiger partial charge in [-0.3, -0.25) is 14.4 Å². The van der Waals surface area contributed by atoms with Gasteiger partial charge in [0.05, 0.1) is 18.8 Å². The molecule has 1 N–H and O–H groups in total. The third-order valence-electron chi connectivity index (χ3n) is 6.10. The van der Waals surface area contributed by atoms with E-state index in [-0.39, 0.29) is 11.3 Å². The van der Waals surface area contributed by atoms with Crippen LogP contribution in [0.1, 0.15) is 32.4 Å². The Hall–Kier alpha value is -1.44. The zero-order chi connectivity index (χ0) is 18.8. The van der Waals surface area contributed by atoms with Crippen LogP contribution in [-0.2, 0) is 23.0 Å². The number of likely N-dealkylation sites (tertiary alicyclic amines) is 1. The summed E-state index contributed by atoms with van der Waals surface area (Å²) < 4.78 is 7.22. The molecule has 0 aliphatic carbocycles. The highest BCUT2D eigenvalue weighted by Gasteiger charge is 2.49. The van der Waals surface area contributed by atoms with E-state index in [1.807, 2.05) is 22.7 Å². The average molecular weight is 364 g/mol. The Morgan fingerprint density at radius 2 is 2.04 bits per heavy atom. The molecule has 0 unspecified atom stereocenters. The molecule has 0 radical (unpaired) electrons. The minimum atomic E-state index is -0.775. The fourth-order valence-corrected chi connectivity index (χ4v) is 4.04. The zero-order valence-electron chi connectivity index (χ0n) is 16.3. The normalized spacial score (nSPS) is 26.8. The van der Waals surface area contributed by atoms with Crippen LogP contribution in [-0.4, -0.2) is 82.1 Å². The maximum Gasteiger partial charge on any atom is 0.222 e. The fraction of sp³-hybridized carbons (Fsp3) is 0.789. The van der Waals surface area contributed by atoms with Crippen LogP contribution in [0.3, 0.4) is 0 Å². The maximum absolute atomic E-state index is 12.7. The van der Waals surface area contributed by atoms with E-state index in [2.05, 4.69) is 23.8 Å². The Balaban J connectivity index is 1.56. The molecule has 3 heterocycles. The second-order valence-corrected chi connectivity index (χ2v) is 8.32. The van der Waals surface area contributed by atoms with Crippen molar-refractivity contribution in [2.75, 3.05) is 45.9 Å². The van der Waals surface area contributed by atoms with Gasteiger partial charge < -0.3 is 14.7 Å². The summed E-state index contributed by atoms with van der Waals surface area (Å²) in [6.07, 6.45) is 3.56. The van der Waals surface area contributed by atoms with Crippen molar-refractivity contribution in [1.82, 2.24) is 19.6 Å². The van der Waals surface area contributed by atoms with Crippen LogP contribution in [0.2, 0.25) is 0 Å². The van der Waals surface area contributed by atoms with E-state index in [0.717, 1.165) is 32.0 Å². The van der Waals surface area contributed by atoms with E-state index in [0.29, 0.717) is 38.9 Å². The van der Waals surface area contributed by atoms with Crippen LogP contribution in [0, 0.1) is 5.41 Å². The zero-order valence-corrected chi connectivity index (χ0v) is 16.3. The molecule has 1 aromatic rings. The molecule has 1 atom stereocenters. The number of aromatic nitrogens is 2. The number of piperidine rings is 1. The van der Waals surface area contributed by atoms with E-state index in [9.17, 15) is 9.90 Å². The number of rotatable bonds is 5. The summed E-state index contributed by atoms with van der Waals surface area (Å²) in [5.41, 5.74) is -0.0482. The minimum absolute atomic E-state index is 0.160. The number of morpholine rings is 1. The van der Waals surface area contributed by atoms with E-state index in [4.69, 9.17) is 4.74 Å². The first kappa shape index (κ1) is 19.3. The lowest BCUT2D eigenvalue weighted by molar-refractivity contribution is -0.157. The third kappa shape index (κ3) is 4.10. The van der Waals surface area contributed by atoms with Gasteiger partial charge in [-0.25, -0.2) is 0 Å². The van der Waals surface area contributed by atoms with Gasteiger partial charge in [0.2, 0.25) is 5.91 Å². The summed E-state index contributed by atoms with van der Waals surface area (Å²) >= 11 is 0. The van der Waals surface area contributed by atoms with Gasteiger partial charge in [0, 0.05) is 63.5 Å². The number of aryl methyl sites for hydroxylation is 2. The van der Waals surface area contributed by atoms with Crippen molar-refractivity contribution in [3.63, 3.8) is 0 Å². The van der Waals surface area contributed by atoms with E-state index >= 15 is 0 Å². The summed E-state index contributed by atoms with van der Waals surface area (Å²) in [4.78, 5) is 16.9. The molecule has 2 saturated heterocycles. The number of amides is 1. The SMILES string of the molecule is Cn1nccc1CCC(=O)N1CC[C@@](O)(CN2CCOCC2)C(C)(C)C1. The maximum atomic E-state index is 12.7. The summed E-state index contributed by atoms with van der Waals surface area (Å²) in [6.45, 7) is 9.22. The molecular formula is C19H32N4O3. The average Bonchev–Trinajstić information content (AvgIpc) is 3.01. The monoisotopic (exact) mass is 364 g/mol. The number of hydrogen-bond acceptors (Lipinski definition) is 5. The summed E-state index contributed by atoms with van der Waals surface area (Å²) in [6, 6.07) is 1.95. The summed E-state index contributed by atoms with van der Waals surface area (Å²) in [5, 5.41) is 15.5. The number of β-amino-alcohol motifs (C(OH)–C–C–N with tert-alkyl or cyclic N) is 1. The van der Waals surface area contributed by atoms with Gasteiger partial charge in [0.1, 0.15) is 0 Å². The molecule has 146 valence electrons. The number of hydrogen-bond donors (Lipinski definition) is 1. The first-order valence-corrected chi connectivity index (χ1v) is 9.58. The van der Waals surface area contributed by atoms with Gasteiger partial charge in [-0.1, -0.05) is 13.8 Å². The Bertz CT molecular complexity index is 624. The lowest BCUT2D eigenvalue weighted by Crippen LogP contribution is -2.63. The number of aliphatic hydroxyl groups is 1. The predicted octanol–water partition coefficient (Wildman–Crippen LogP) is 0.675. The van der Waals surface area contributed by atoms with Crippen molar-refractivity contribution in [3.05, 3.63) is 18.0 Å². The van der Waals surface area contributed by atoms with Gasteiger partial charge >= 0.3 is 0 Å². The van der Waals surface area contributed by atoms with Crippen molar-refractivity contribution < 1.29 is 14.6 Å². The summed E-state index contributed by atoms with van der Waals surface area (Å²) in [7, 11) is 1.90. The Labute approximate surface area is 155 Å². The van der Waals surface area contributed by atoms with Crippen LogP contribution < -0.4 is 0 Å². The van der Waals surface area contributed by atoms with E-state index in [1.165, 1.54) is 0 Å². The van der Waals surface area contributed by atoms with Crippen LogP contribution in [0.15, 0.2) is 12.3 Å². The molecule has 3 rings (SSSR count). The standard InChI is InChI=1S/C19H32N4O3/c1-18(2)14-23(17(24)5-4-16-6-8-20-21(16)3)9-7-19(18,25)15-22-10-12-26-13-11-22/h6,8,25H,4-5,7,9-15H2,1-3H3/t19-/m1/s1. The quantitative estimate of drug-likeness (QED) is 0.832.